The van der Waals surface area contributed by atoms with Gasteiger partial charge < -0.3 is 9.47 Å². The minimum Gasteiger partial charge on any atom is -0.477 e. The van der Waals surface area contributed by atoms with Crippen molar-refractivity contribution >= 4 is 34.2 Å². The lowest BCUT2D eigenvalue weighted by Gasteiger charge is -2.22. The molecule has 1 aliphatic rings. The monoisotopic (exact) mass is 345 g/mol. The molecule has 0 spiro atoms. The molecule has 0 unspecified atom stereocenters. The largest absolute Gasteiger partial charge is 0.477 e. The Labute approximate surface area is 146 Å². The molecule has 1 fully saturated rings. The Bertz CT molecular complexity index is 788. The van der Waals surface area contributed by atoms with Gasteiger partial charge in [0.2, 0.25) is 0 Å². The fourth-order valence-electron chi connectivity index (χ4n) is 2.58. The van der Waals surface area contributed by atoms with E-state index in [-0.39, 0.29) is 6.10 Å². The van der Waals surface area contributed by atoms with Crippen LogP contribution in [0.5, 0.6) is 0 Å². The average Bonchev–Trinajstić information content (AvgIpc) is 3.04. The van der Waals surface area contributed by atoms with Gasteiger partial charge in [-0.2, -0.15) is 0 Å². The maximum absolute atomic E-state index is 6.34. The highest BCUT2D eigenvalue weighted by Gasteiger charge is 2.15. The molecule has 3 rings (SSSR count). The number of aromatic nitrogens is 2. The number of fused-ring (bicyclic) bond motifs is 1. The van der Waals surface area contributed by atoms with Crippen molar-refractivity contribution < 1.29 is 9.47 Å². The standard InChI is InChI=1S/C18H20ClN3O2/c1-13(22-12-21-17-5-3-4-6-18(17)22)16(19)11-20-14(2)24-15-7-9-23-10-8-15/h3-6,11-12,15H,1,7-10H2,2H3/b16-11+,20-14+. The molecule has 1 aliphatic heterocycles. The van der Waals surface area contributed by atoms with Crippen molar-refractivity contribution in [3.8, 4) is 0 Å². The Morgan fingerprint density at radius 2 is 2.17 bits per heavy atom. The molecule has 6 heteroatoms. The number of para-hydroxylation sites is 2. The number of ether oxygens (including phenoxy) is 2. The van der Waals surface area contributed by atoms with Crippen molar-refractivity contribution in [1.82, 2.24) is 9.55 Å². The van der Waals surface area contributed by atoms with Crippen LogP contribution in [-0.2, 0) is 9.47 Å². The first-order valence-corrected chi connectivity index (χ1v) is 8.29. The molecule has 0 N–H and O–H groups in total. The van der Waals surface area contributed by atoms with E-state index < -0.39 is 0 Å². The van der Waals surface area contributed by atoms with Crippen LogP contribution in [0.15, 0.2) is 53.4 Å². The lowest BCUT2D eigenvalue weighted by Crippen LogP contribution is -2.25. The molecule has 2 heterocycles. The van der Waals surface area contributed by atoms with Crippen LogP contribution in [0.1, 0.15) is 19.8 Å². The highest BCUT2D eigenvalue weighted by atomic mass is 35.5. The van der Waals surface area contributed by atoms with Gasteiger partial charge in [0.1, 0.15) is 12.4 Å². The maximum Gasteiger partial charge on any atom is 0.184 e. The zero-order valence-electron chi connectivity index (χ0n) is 13.6. The fraction of sp³-hybridized carbons (Fsp3) is 0.333. The van der Waals surface area contributed by atoms with Crippen molar-refractivity contribution in [1.29, 1.82) is 0 Å². The van der Waals surface area contributed by atoms with E-state index in [4.69, 9.17) is 21.1 Å². The van der Waals surface area contributed by atoms with Crippen molar-refractivity contribution in [3.05, 3.63) is 48.4 Å². The first-order chi connectivity index (χ1) is 11.6. The van der Waals surface area contributed by atoms with Gasteiger partial charge in [0.25, 0.3) is 0 Å². The number of allylic oxidation sites excluding steroid dienone is 2. The smallest absolute Gasteiger partial charge is 0.184 e. The number of hydrogen-bond donors (Lipinski definition) is 0. The van der Waals surface area contributed by atoms with E-state index in [2.05, 4.69) is 16.6 Å². The molecule has 0 bridgehead atoms. The second-order valence-corrected chi connectivity index (χ2v) is 6.01. The molecule has 1 aromatic carbocycles. The predicted molar refractivity (Wildman–Crippen MR) is 97.0 cm³/mol. The van der Waals surface area contributed by atoms with Gasteiger partial charge in [-0.15, -0.1) is 0 Å². The van der Waals surface area contributed by atoms with E-state index in [9.17, 15) is 0 Å². The third kappa shape index (κ3) is 3.86. The van der Waals surface area contributed by atoms with E-state index in [1.165, 1.54) is 0 Å². The minimum atomic E-state index is 0.162. The Morgan fingerprint density at radius 3 is 2.96 bits per heavy atom. The van der Waals surface area contributed by atoms with Crippen molar-refractivity contribution in [2.45, 2.75) is 25.9 Å². The summed E-state index contributed by atoms with van der Waals surface area (Å²) in [4.78, 5) is 8.63. The lowest BCUT2D eigenvalue weighted by molar-refractivity contribution is 0.0200. The minimum absolute atomic E-state index is 0.162. The Balaban J connectivity index is 1.70. The maximum atomic E-state index is 6.34. The van der Waals surface area contributed by atoms with E-state index in [1.807, 2.05) is 35.8 Å². The highest BCUT2D eigenvalue weighted by molar-refractivity contribution is 6.35. The number of rotatable bonds is 4. The van der Waals surface area contributed by atoms with Gasteiger partial charge in [-0.1, -0.05) is 30.3 Å². The molecule has 0 amide bonds. The van der Waals surface area contributed by atoms with Gasteiger partial charge in [0, 0.05) is 19.8 Å². The molecule has 1 saturated heterocycles. The summed E-state index contributed by atoms with van der Waals surface area (Å²) >= 11 is 6.34. The van der Waals surface area contributed by atoms with Gasteiger partial charge in [-0.3, -0.25) is 4.57 Å². The molecular formula is C18H20ClN3O2. The fourth-order valence-corrected chi connectivity index (χ4v) is 2.72. The Morgan fingerprint density at radius 1 is 1.42 bits per heavy atom. The van der Waals surface area contributed by atoms with Crippen molar-refractivity contribution in [2.75, 3.05) is 13.2 Å². The van der Waals surface area contributed by atoms with Crippen LogP contribution in [0.25, 0.3) is 16.7 Å². The molecule has 0 radical (unpaired) electrons. The highest BCUT2D eigenvalue weighted by Crippen LogP contribution is 2.23. The molecule has 0 atom stereocenters. The number of benzene rings is 1. The van der Waals surface area contributed by atoms with Crippen LogP contribution >= 0.6 is 11.6 Å². The van der Waals surface area contributed by atoms with Crippen LogP contribution in [0.2, 0.25) is 0 Å². The topological polar surface area (TPSA) is 48.6 Å². The lowest BCUT2D eigenvalue weighted by atomic mass is 10.2. The van der Waals surface area contributed by atoms with Gasteiger partial charge in [-0.05, 0) is 12.1 Å². The molecule has 0 saturated carbocycles. The molecular weight excluding hydrogens is 326 g/mol. The molecule has 0 aliphatic carbocycles. The van der Waals surface area contributed by atoms with Gasteiger partial charge in [0.05, 0.1) is 41.2 Å². The number of aliphatic imine (C=N–C) groups is 1. The van der Waals surface area contributed by atoms with Crippen LogP contribution in [0.4, 0.5) is 0 Å². The zero-order valence-corrected chi connectivity index (χ0v) is 14.4. The van der Waals surface area contributed by atoms with Gasteiger partial charge in [-0.25, -0.2) is 9.98 Å². The van der Waals surface area contributed by atoms with Crippen molar-refractivity contribution in [2.24, 2.45) is 4.99 Å². The van der Waals surface area contributed by atoms with E-state index in [0.717, 1.165) is 37.1 Å². The summed E-state index contributed by atoms with van der Waals surface area (Å²) < 4.78 is 13.0. The van der Waals surface area contributed by atoms with Crippen LogP contribution < -0.4 is 0 Å². The molecule has 1 aromatic heterocycles. The van der Waals surface area contributed by atoms with Crippen LogP contribution in [0.3, 0.4) is 0 Å². The first-order valence-electron chi connectivity index (χ1n) is 7.91. The summed E-state index contributed by atoms with van der Waals surface area (Å²) in [6.07, 6.45) is 5.21. The van der Waals surface area contributed by atoms with Gasteiger partial charge in [0.15, 0.2) is 5.90 Å². The number of halogens is 1. The summed E-state index contributed by atoms with van der Waals surface area (Å²) in [6.45, 7) is 7.33. The van der Waals surface area contributed by atoms with E-state index >= 15 is 0 Å². The summed E-state index contributed by atoms with van der Waals surface area (Å²) in [5.74, 6) is 0.586. The SMILES string of the molecule is C=C(/C(Cl)=C\N=C(/C)OC1CCOCC1)n1cnc2ccccc21. The second kappa shape index (κ2) is 7.64. The molecule has 24 heavy (non-hydrogen) atoms. The summed E-state index contributed by atoms with van der Waals surface area (Å²) in [5.41, 5.74) is 2.46. The number of nitrogens with zero attached hydrogens (tertiary/aromatic N) is 3. The molecule has 5 nitrogen and oxygen atoms in total. The normalized spacial score (nSPS) is 17.2. The Kier molecular flexibility index (Phi) is 5.33. The van der Waals surface area contributed by atoms with Crippen LogP contribution in [-0.4, -0.2) is 34.8 Å². The summed E-state index contributed by atoms with van der Waals surface area (Å²) in [5, 5.41) is 0.438. The second-order valence-electron chi connectivity index (χ2n) is 5.60. The zero-order chi connectivity index (χ0) is 16.9. The summed E-state index contributed by atoms with van der Waals surface area (Å²) in [7, 11) is 0. The van der Waals surface area contributed by atoms with Gasteiger partial charge >= 0.3 is 0 Å². The third-order valence-corrected chi connectivity index (χ3v) is 4.20. The van der Waals surface area contributed by atoms with E-state index in [0.29, 0.717) is 16.6 Å². The predicted octanol–water partition coefficient (Wildman–Crippen LogP) is 4.20. The summed E-state index contributed by atoms with van der Waals surface area (Å²) in [6, 6.07) is 7.82. The first kappa shape index (κ1) is 16.7. The molecule has 2 aromatic rings. The molecule has 126 valence electrons. The average molecular weight is 346 g/mol. The number of hydrogen-bond acceptors (Lipinski definition) is 4. The Hall–Kier alpha value is -2.11. The van der Waals surface area contributed by atoms with Crippen LogP contribution in [0, 0.1) is 0 Å². The van der Waals surface area contributed by atoms with E-state index in [1.54, 1.807) is 12.5 Å². The third-order valence-electron chi connectivity index (χ3n) is 3.89. The quantitative estimate of drug-likeness (QED) is 0.474. The number of imidazole rings is 1. The van der Waals surface area contributed by atoms with Crippen molar-refractivity contribution in [3.63, 3.8) is 0 Å².